The maximum absolute atomic E-state index is 13.1. The van der Waals surface area contributed by atoms with Crippen LogP contribution in [0.5, 0.6) is 11.5 Å². The molecule has 7 nitrogen and oxygen atoms in total. The second kappa shape index (κ2) is 8.18. The molecular weight excluding hydrogens is 372 g/mol. The molecule has 1 amide bonds. The summed E-state index contributed by atoms with van der Waals surface area (Å²) in [6.45, 7) is 2.26. The third-order valence-corrected chi connectivity index (χ3v) is 4.53. The van der Waals surface area contributed by atoms with Crippen molar-refractivity contribution in [1.29, 1.82) is 0 Å². The number of carbonyl (C=O) groups excluding carboxylic acids is 2. The molecule has 0 N–H and O–H groups in total. The molecule has 148 valence electrons. The highest BCUT2D eigenvalue weighted by molar-refractivity contribution is 6.33. The Bertz CT molecular complexity index is 998. The molecule has 0 aliphatic carbocycles. The highest BCUT2D eigenvalue weighted by atomic mass is 16.7. The molecule has 0 unspecified atom stereocenters. The van der Waals surface area contributed by atoms with Gasteiger partial charge in [0.2, 0.25) is 6.79 Å². The van der Waals surface area contributed by atoms with E-state index in [2.05, 4.69) is 5.10 Å². The van der Waals surface area contributed by atoms with Gasteiger partial charge < -0.3 is 14.2 Å². The van der Waals surface area contributed by atoms with Gasteiger partial charge in [0.25, 0.3) is 5.91 Å². The molecule has 0 bridgehead atoms. The number of esters is 1. The van der Waals surface area contributed by atoms with Crippen molar-refractivity contribution in [2.45, 2.75) is 19.8 Å². The van der Waals surface area contributed by atoms with Crippen LogP contribution in [0.4, 0.5) is 5.69 Å². The molecule has 2 aliphatic heterocycles. The number of hydrogen-bond donors (Lipinski definition) is 0. The molecule has 0 atom stereocenters. The lowest BCUT2D eigenvalue weighted by atomic mass is 10.0. The van der Waals surface area contributed by atoms with E-state index in [1.807, 2.05) is 42.5 Å². The zero-order chi connectivity index (χ0) is 20.2. The maximum Gasteiger partial charge on any atom is 0.306 e. The molecule has 2 aliphatic rings. The molecule has 0 fully saturated rings. The Kier molecular flexibility index (Phi) is 5.29. The topological polar surface area (TPSA) is 77.4 Å². The molecular formula is C22H20N2O5. The van der Waals surface area contributed by atoms with Gasteiger partial charge in [0.05, 0.1) is 30.0 Å². The van der Waals surface area contributed by atoms with Crippen molar-refractivity contribution in [3.63, 3.8) is 0 Å². The lowest BCUT2D eigenvalue weighted by molar-refractivity contribution is -0.142. The normalized spacial score (nSPS) is 16.3. The first-order chi connectivity index (χ1) is 14.2. The van der Waals surface area contributed by atoms with E-state index < -0.39 is 0 Å². The van der Waals surface area contributed by atoms with Crippen molar-refractivity contribution in [3.05, 3.63) is 59.7 Å². The Morgan fingerprint density at radius 2 is 1.97 bits per heavy atom. The lowest BCUT2D eigenvalue weighted by Gasteiger charge is -2.11. The smallest absolute Gasteiger partial charge is 0.306 e. The number of hydrogen-bond acceptors (Lipinski definition) is 6. The van der Waals surface area contributed by atoms with Crippen LogP contribution in [0.1, 0.15) is 25.3 Å². The number of rotatable bonds is 6. The van der Waals surface area contributed by atoms with Gasteiger partial charge in [-0.25, -0.2) is 0 Å². The number of benzene rings is 2. The predicted molar refractivity (Wildman–Crippen MR) is 108 cm³/mol. The van der Waals surface area contributed by atoms with Crippen molar-refractivity contribution >= 4 is 29.4 Å². The largest absolute Gasteiger partial charge is 0.466 e. The number of amides is 1. The van der Waals surface area contributed by atoms with E-state index in [1.54, 1.807) is 19.1 Å². The van der Waals surface area contributed by atoms with Crippen molar-refractivity contribution in [3.8, 4) is 11.5 Å². The fraction of sp³-hybridized carbons (Fsp3) is 0.227. The number of fused-ring (bicyclic) bond motifs is 1. The molecule has 2 aromatic rings. The van der Waals surface area contributed by atoms with Gasteiger partial charge in [-0.05, 0) is 42.8 Å². The van der Waals surface area contributed by atoms with E-state index in [-0.39, 0.29) is 25.1 Å². The maximum atomic E-state index is 13.1. The van der Waals surface area contributed by atoms with Gasteiger partial charge in [-0.15, -0.1) is 0 Å². The molecule has 4 rings (SSSR count). The van der Waals surface area contributed by atoms with Crippen LogP contribution in [0, 0.1) is 0 Å². The van der Waals surface area contributed by atoms with Crippen LogP contribution in [0.3, 0.4) is 0 Å². The Labute approximate surface area is 168 Å². The average molecular weight is 392 g/mol. The summed E-state index contributed by atoms with van der Waals surface area (Å²) < 4.78 is 15.8. The number of nitrogens with zero attached hydrogens (tertiary/aromatic N) is 2. The summed E-state index contributed by atoms with van der Waals surface area (Å²) in [7, 11) is 0. The molecule has 0 aromatic heterocycles. The van der Waals surface area contributed by atoms with Crippen molar-refractivity contribution < 1.29 is 23.8 Å². The summed E-state index contributed by atoms with van der Waals surface area (Å²) in [6.07, 6.45) is 2.22. The van der Waals surface area contributed by atoms with Gasteiger partial charge in [-0.2, -0.15) is 10.1 Å². The van der Waals surface area contributed by atoms with Crippen LogP contribution in [0.2, 0.25) is 0 Å². The standard InChI is InChI=1S/C22H20N2O5/c1-2-27-21(25)11-9-18-17(12-15-8-10-19-20(13-15)29-14-28-19)22(26)24(23-18)16-6-4-3-5-7-16/h3-8,10,12-13H,2,9,11,14H2,1H3. The number of carbonyl (C=O) groups is 2. The van der Waals surface area contributed by atoms with Gasteiger partial charge >= 0.3 is 5.97 Å². The second-order valence-electron chi connectivity index (χ2n) is 6.47. The monoisotopic (exact) mass is 392 g/mol. The zero-order valence-corrected chi connectivity index (χ0v) is 16.0. The van der Waals surface area contributed by atoms with Gasteiger partial charge in [0, 0.05) is 6.42 Å². The summed E-state index contributed by atoms with van der Waals surface area (Å²) in [6, 6.07) is 14.7. The summed E-state index contributed by atoms with van der Waals surface area (Å²) in [4.78, 5) is 24.9. The molecule has 2 heterocycles. The lowest BCUT2D eigenvalue weighted by Crippen LogP contribution is -2.21. The molecule has 2 aromatic carbocycles. The molecule has 0 saturated carbocycles. The summed E-state index contributed by atoms with van der Waals surface area (Å²) in [5.74, 6) is 0.748. The van der Waals surface area contributed by atoms with Crippen LogP contribution >= 0.6 is 0 Å². The van der Waals surface area contributed by atoms with E-state index >= 15 is 0 Å². The van der Waals surface area contributed by atoms with Crippen LogP contribution in [0.25, 0.3) is 6.08 Å². The van der Waals surface area contributed by atoms with Crippen LogP contribution in [-0.4, -0.2) is 31.0 Å². The number of anilines is 1. The SMILES string of the molecule is CCOC(=O)CCC1=NN(c2ccccc2)C(=O)C1=Cc1ccc2c(c1)OCO2. The first-order valence-corrected chi connectivity index (χ1v) is 9.40. The van der Waals surface area contributed by atoms with E-state index in [9.17, 15) is 9.59 Å². The highest BCUT2D eigenvalue weighted by Gasteiger charge is 2.31. The van der Waals surface area contributed by atoms with Crippen molar-refractivity contribution in [1.82, 2.24) is 0 Å². The third kappa shape index (κ3) is 3.99. The number of ether oxygens (including phenoxy) is 3. The first-order valence-electron chi connectivity index (χ1n) is 9.40. The minimum atomic E-state index is -0.316. The number of para-hydroxylation sites is 1. The fourth-order valence-corrected chi connectivity index (χ4v) is 3.15. The van der Waals surface area contributed by atoms with E-state index in [0.717, 1.165) is 5.56 Å². The Morgan fingerprint density at radius 1 is 1.17 bits per heavy atom. The van der Waals surface area contributed by atoms with E-state index in [0.29, 0.717) is 41.5 Å². The van der Waals surface area contributed by atoms with Crippen molar-refractivity contribution in [2.75, 3.05) is 18.4 Å². The first kappa shape index (κ1) is 18.7. The van der Waals surface area contributed by atoms with Crippen molar-refractivity contribution in [2.24, 2.45) is 5.10 Å². The Balaban J connectivity index is 1.65. The molecule has 0 spiro atoms. The summed E-state index contributed by atoms with van der Waals surface area (Å²) >= 11 is 0. The van der Waals surface area contributed by atoms with Gasteiger partial charge in [0.1, 0.15) is 0 Å². The minimum Gasteiger partial charge on any atom is -0.466 e. The van der Waals surface area contributed by atoms with Gasteiger partial charge in [0.15, 0.2) is 11.5 Å². The van der Waals surface area contributed by atoms with Crippen LogP contribution in [0.15, 0.2) is 59.2 Å². The molecule has 29 heavy (non-hydrogen) atoms. The summed E-state index contributed by atoms with van der Waals surface area (Å²) in [5.41, 5.74) is 2.44. The van der Waals surface area contributed by atoms with E-state index in [4.69, 9.17) is 14.2 Å². The fourth-order valence-electron chi connectivity index (χ4n) is 3.15. The number of hydrazone groups is 1. The van der Waals surface area contributed by atoms with Gasteiger partial charge in [-0.1, -0.05) is 24.3 Å². The minimum absolute atomic E-state index is 0.154. The Morgan fingerprint density at radius 3 is 2.76 bits per heavy atom. The predicted octanol–water partition coefficient (Wildman–Crippen LogP) is 3.54. The average Bonchev–Trinajstić information content (AvgIpc) is 3.32. The molecule has 7 heteroatoms. The van der Waals surface area contributed by atoms with E-state index in [1.165, 1.54) is 5.01 Å². The second-order valence-corrected chi connectivity index (χ2v) is 6.47. The summed E-state index contributed by atoms with van der Waals surface area (Å²) in [5, 5.41) is 5.85. The molecule has 0 radical (unpaired) electrons. The zero-order valence-electron chi connectivity index (χ0n) is 16.0. The molecule has 0 saturated heterocycles. The van der Waals surface area contributed by atoms with Crippen LogP contribution in [-0.2, 0) is 14.3 Å². The van der Waals surface area contributed by atoms with Crippen LogP contribution < -0.4 is 14.5 Å². The highest BCUT2D eigenvalue weighted by Crippen LogP contribution is 2.34. The quantitative estimate of drug-likeness (QED) is 0.555. The van der Waals surface area contributed by atoms with Gasteiger partial charge in [-0.3, -0.25) is 9.59 Å². The third-order valence-electron chi connectivity index (χ3n) is 4.53. The Hall–Kier alpha value is -3.61.